The van der Waals surface area contributed by atoms with Gasteiger partial charge in [-0.05, 0) is 0 Å². The third-order valence-corrected chi connectivity index (χ3v) is 26.6. The Kier molecular flexibility index (Phi) is 12.1. The molecule has 0 unspecified atom stereocenters. The van der Waals surface area contributed by atoms with Gasteiger partial charge in [0.25, 0.3) is 0 Å². The zero-order valence-electron chi connectivity index (χ0n) is 18.6. The summed E-state index contributed by atoms with van der Waals surface area (Å²) in [5.41, 5.74) is 0. The van der Waals surface area contributed by atoms with E-state index in [0.717, 1.165) is 0 Å². The van der Waals surface area contributed by atoms with Crippen molar-refractivity contribution in [3.8, 4) is 0 Å². The van der Waals surface area contributed by atoms with Crippen molar-refractivity contribution in [3.63, 3.8) is 0 Å². The van der Waals surface area contributed by atoms with Crippen molar-refractivity contribution in [2.75, 3.05) is 4.62 Å². The first-order valence-corrected chi connectivity index (χ1v) is 21.7. The first-order valence-electron chi connectivity index (χ1n) is 10.7. The van der Waals surface area contributed by atoms with Crippen LogP contribution in [0.3, 0.4) is 0 Å². The third-order valence-electron chi connectivity index (χ3n) is 6.92. The van der Waals surface area contributed by atoms with Gasteiger partial charge in [0.1, 0.15) is 0 Å². The molecule has 0 fully saturated rings. The predicted octanol–water partition coefficient (Wildman–Crippen LogP) is 8.03. The molecule has 0 saturated heterocycles. The molecule has 0 aliphatic carbocycles. The van der Waals surface area contributed by atoms with E-state index >= 15 is 0 Å². The molecule has 0 heterocycles. The van der Waals surface area contributed by atoms with Crippen molar-refractivity contribution in [3.05, 3.63) is 0 Å². The summed E-state index contributed by atoms with van der Waals surface area (Å²) < 4.78 is 12.9. The van der Waals surface area contributed by atoms with Crippen LogP contribution in [0.15, 0.2) is 0 Å². The minimum atomic E-state index is -2.14. The molecule has 0 aromatic heterocycles. The summed E-state index contributed by atoms with van der Waals surface area (Å²) in [7, 11) is -1.67. The Bertz CT molecular complexity index is 304. The van der Waals surface area contributed by atoms with Crippen molar-refractivity contribution in [2.24, 2.45) is 5.92 Å². The van der Waals surface area contributed by atoms with Crippen LogP contribution in [-0.2, 0) is 4.43 Å². The van der Waals surface area contributed by atoms with Gasteiger partial charge in [-0.25, -0.2) is 0 Å². The molecule has 146 valence electrons. The molecular formula is C21H48OSiSn. The molecule has 0 bridgehead atoms. The molecule has 0 spiro atoms. The van der Waals surface area contributed by atoms with Crippen molar-refractivity contribution in [1.29, 1.82) is 0 Å². The monoisotopic (exact) mass is 464 g/mol. The molecule has 0 saturated carbocycles. The van der Waals surface area contributed by atoms with Gasteiger partial charge in [0.15, 0.2) is 0 Å². The molecule has 0 aromatic rings. The molecule has 0 aliphatic rings. The fourth-order valence-electron chi connectivity index (χ4n) is 3.46. The van der Waals surface area contributed by atoms with E-state index in [2.05, 4.69) is 61.6 Å². The van der Waals surface area contributed by atoms with Gasteiger partial charge in [-0.2, -0.15) is 0 Å². The molecule has 3 heteroatoms. The van der Waals surface area contributed by atoms with Crippen molar-refractivity contribution >= 4 is 26.7 Å². The van der Waals surface area contributed by atoms with Crippen LogP contribution in [0.1, 0.15) is 87.0 Å². The maximum atomic E-state index is 6.94. The molecule has 0 amide bonds. The second kappa shape index (κ2) is 11.6. The minimum absolute atomic E-state index is 0.352. The van der Waals surface area contributed by atoms with Gasteiger partial charge in [-0.1, -0.05) is 0 Å². The van der Waals surface area contributed by atoms with E-state index in [1.807, 2.05) is 0 Å². The van der Waals surface area contributed by atoms with Crippen molar-refractivity contribution in [1.82, 2.24) is 0 Å². The van der Waals surface area contributed by atoms with E-state index in [1.54, 1.807) is 13.3 Å². The second-order valence-corrected chi connectivity index (χ2v) is 27.8. The van der Waals surface area contributed by atoms with Crippen molar-refractivity contribution < 1.29 is 4.43 Å². The fraction of sp³-hybridized carbons (Fsp3) is 1.00. The van der Waals surface area contributed by atoms with E-state index in [9.17, 15) is 0 Å². The van der Waals surface area contributed by atoms with Crippen molar-refractivity contribution in [2.45, 2.75) is 118 Å². The van der Waals surface area contributed by atoms with E-state index in [-0.39, 0.29) is 0 Å². The Morgan fingerprint density at radius 3 is 1.50 bits per heavy atom. The van der Waals surface area contributed by atoms with Crippen LogP contribution in [0.5, 0.6) is 0 Å². The fourth-order valence-corrected chi connectivity index (χ4v) is 24.4. The van der Waals surface area contributed by atoms with E-state index in [0.29, 0.717) is 11.0 Å². The molecule has 0 N–H and O–H groups in total. The Morgan fingerprint density at radius 1 is 0.833 bits per heavy atom. The zero-order chi connectivity index (χ0) is 18.9. The summed E-state index contributed by atoms with van der Waals surface area (Å²) in [6, 6.07) is 0. The molecule has 1 nitrogen and oxygen atoms in total. The first kappa shape index (κ1) is 25.0. The van der Waals surface area contributed by atoms with E-state index in [1.165, 1.54) is 43.1 Å². The van der Waals surface area contributed by atoms with Gasteiger partial charge in [-0.15, -0.1) is 0 Å². The summed E-state index contributed by atoms with van der Waals surface area (Å²) in [6.45, 7) is 21.7. The van der Waals surface area contributed by atoms with Crippen LogP contribution < -0.4 is 0 Å². The molecule has 24 heavy (non-hydrogen) atoms. The Morgan fingerprint density at radius 2 is 1.21 bits per heavy atom. The Labute approximate surface area is 159 Å². The molecule has 0 aliphatic heterocycles. The zero-order valence-corrected chi connectivity index (χ0v) is 22.4. The molecule has 0 radical (unpaired) electrons. The van der Waals surface area contributed by atoms with Gasteiger partial charge < -0.3 is 0 Å². The molecule has 0 rings (SSSR count). The Hall–Kier alpha value is 0.976. The quantitative estimate of drug-likeness (QED) is 0.237. The third kappa shape index (κ3) is 7.69. The topological polar surface area (TPSA) is 9.23 Å². The molecule has 0 aromatic carbocycles. The average molecular weight is 463 g/mol. The van der Waals surface area contributed by atoms with Gasteiger partial charge in [-0.3, -0.25) is 0 Å². The number of hydrogen-bond acceptors (Lipinski definition) is 1. The Balaban J connectivity index is 5.19. The van der Waals surface area contributed by atoms with Gasteiger partial charge >= 0.3 is 160 Å². The summed E-state index contributed by atoms with van der Waals surface area (Å²) in [5.74, 6) is 0.700. The average Bonchev–Trinajstić information content (AvgIpc) is 2.53. The number of unbranched alkanes of at least 4 members (excludes halogenated alkanes) is 3. The number of hydrogen-bond donors (Lipinski definition) is 0. The number of rotatable bonds is 14. The molecule has 0 atom stereocenters. The van der Waals surface area contributed by atoms with Crippen LogP contribution in [0, 0.1) is 5.92 Å². The van der Waals surface area contributed by atoms with Gasteiger partial charge in [0, 0.05) is 0 Å². The normalized spacial score (nSPS) is 13.8. The van der Waals surface area contributed by atoms with E-state index in [4.69, 9.17) is 4.43 Å². The van der Waals surface area contributed by atoms with Crippen LogP contribution >= 0.6 is 0 Å². The second-order valence-electron chi connectivity index (χ2n) is 9.49. The maximum absolute atomic E-state index is 6.94. The molecular weight excluding hydrogens is 415 g/mol. The summed E-state index contributed by atoms with van der Waals surface area (Å²) in [4.78, 5) is 0. The van der Waals surface area contributed by atoms with E-state index < -0.39 is 26.7 Å². The standard InChI is InChI=1S/C9H21OSi.3C4H9.Sn/c1-8(2)9(3,4)11(6,7)10-5;3*1-3-4-2;/h8H,5H2,1-4,6-7H3;3*1,3-4H2,2H3;. The van der Waals surface area contributed by atoms with Gasteiger partial charge in [0.05, 0.1) is 0 Å². The van der Waals surface area contributed by atoms with Crippen LogP contribution in [0.25, 0.3) is 0 Å². The van der Waals surface area contributed by atoms with Gasteiger partial charge in [0.2, 0.25) is 0 Å². The van der Waals surface area contributed by atoms with Crippen LogP contribution in [0.2, 0.25) is 31.4 Å². The van der Waals surface area contributed by atoms with Crippen LogP contribution in [-0.4, -0.2) is 31.3 Å². The first-order chi connectivity index (χ1) is 11.1. The summed E-state index contributed by atoms with van der Waals surface area (Å²) >= 11 is -2.14. The predicted molar refractivity (Wildman–Crippen MR) is 117 cm³/mol. The summed E-state index contributed by atoms with van der Waals surface area (Å²) in [6.07, 6.45) is 8.41. The SMILES string of the molecule is CCC[CH2][Sn]([CH2]CCC)([CH2]CCC)[CH2]O[Si](C)(C)C(C)(C)C(C)C. The summed E-state index contributed by atoms with van der Waals surface area (Å²) in [5, 5.41) is 0.352. The van der Waals surface area contributed by atoms with Crippen LogP contribution in [0.4, 0.5) is 0 Å².